The number of rotatable bonds is 1. The van der Waals surface area contributed by atoms with Gasteiger partial charge in [-0.05, 0) is 12.1 Å². The molecule has 1 heterocycles. The summed E-state index contributed by atoms with van der Waals surface area (Å²) >= 11 is 0. The Hall–Kier alpha value is -1.97. The van der Waals surface area contributed by atoms with Crippen LogP contribution in [0.5, 0.6) is 5.75 Å². The first-order valence-corrected chi connectivity index (χ1v) is 3.79. The van der Waals surface area contributed by atoms with Crippen molar-refractivity contribution in [3.8, 4) is 5.75 Å². The third kappa shape index (κ3) is 1.03. The molecule has 4 nitrogen and oxygen atoms in total. The first-order valence-electron chi connectivity index (χ1n) is 3.79. The average Bonchev–Trinajstić information content (AvgIpc) is 2.49. The van der Waals surface area contributed by atoms with E-state index in [2.05, 4.69) is 4.98 Å². The van der Waals surface area contributed by atoms with Crippen LogP contribution in [-0.4, -0.2) is 16.0 Å². The monoisotopic (exact) mass is 176 g/mol. The minimum Gasteiger partial charge on any atom is -0.507 e. The second-order valence-electron chi connectivity index (χ2n) is 2.77. The summed E-state index contributed by atoms with van der Waals surface area (Å²) in [7, 11) is 0. The van der Waals surface area contributed by atoms with Crippen molar-refractivity contribution in [1.82, 2.24) is 4.98 Å². The average molecular weight is 176 g/mol. The molecule has 0 fully saturated rings. The molecule has 2 aromatic rings. The zero-order valence-corrected chi connectivity index (χ0v) is 6.74. The normalized spacial score (nSPS) is 10.5. The van der Waals surface area contributed by atoms with Crippen molar-refractivity contribution < 1.29 is 9.90 Å². The fourth-order valence-corrected chi connectivity index (χ4v) is 1.36. The molecule has 1 aromatic carbocycles. The predicted octanol–water partition coefficient (Wildman–Crippen LogP) is 0.972. The molecule has 0 unspecified atom stereocenters. The number of primary amides is 1. The van der Waals surface area contributed by atoms with E-state index in [1.165, 1.54) is 12.3 Å². The zero-order chi connectivity index (χ0) is 9.42. The molecule has 0 aliphatic carbocycles. The van der Waals surface area contributed by atoms with E-state index in [4.69, 9.17) is 5.73 Å². The van der Waals surface area contributed by atoms with Gasteiger partial charge in [0.1, 0.15) is 5.75 Å². The van der Waals surface area contributed by atoms with Crippen LogP contribution in [0.4, 0.5) is 0 Å². The van der Waals surface area contributed by atoms with E-state index in [0.717, 1.165) is 0 Å². The van der Waals surface area contributed by atoms with E-state index in [1.807, 2.05) is 0 Å². The van der Waals surface area contributed by atoms with E-state index in [0.29, 0.717) is 16.5 Å². The van der Waals surface area contributed by atoms with Gasteiger partial charge >= 0.3 is 0 Å². The van der Waals surface area contributed by atoms with Crippen molar-refractivity contribution in [1.29, 1.82) is 0 Å². The highest BCUT2D eigenvalue weighted by atomic mass is 16.3. The topological polar surface area (TPSA) is 79.1 Å². The molecule has 0 aliphatic rings. The first-order chi connectivity index (χ1) is 6.20. The SMILES string of the molecule is NC(=O)c1c[nH]c2cccc(O)c12. The molecule has 0 atom stereocenters. The van der Waals surface area contributed by atoms with Gasteiger partial charge in [-0.2, -0.15) is 0 Å². The second-order valence-corrected chi connectivity index (χ2v) is 2.77. The Morgan fingerprint density at radius 1 is 1.46 bits per heavy atom. The molecule has 0 radical (unpaired) electrons. The number of nitrogens with two attached hydrogens (primary N) is 1. The molecule has 0 bridgehead atoms. The Labute approximate surface area is 74.0 Å². The van der Waals surface area contributed by atoms with Crippen molar-refractivity contribution in [3.05, 3.63) is 30.0 Å². The van der Waals surface area contributed by atoms with Gasteiger partial charge in [0.05, 0.1) is 10.9 Å². The molecule has 0 spiro atoms. The molecular weight excluding hydrogens is 168 g/mol. The minimum absolute atomic E-state index is 0.0625. The lowest BCUT2D eigenvalue weighted by molar-refractivity contribution is 0.100. The van der Waals surface area contributed by atoms with Gasteiger partial charge in [-0.1, -0.05) is 6.07 Å². The lowest BCUT2D eigenvalue weighted by Crippen LogP contribution is -2.09. The number of carbonyl (C=O) groups is 1. The summed E-state index contributed by atoms with van der Waals surface area (Å²) in [6, 6.07) is 4.98. The summed E-state index contributed by atoms with van der Waals surface area (Å²) < 4.78 is 0. The van der Waals surface area contributed by atoms with Crippen LogP contribution >= 0.6 is 0 Å². The number of phenolic OH excluding ortho intramolecular Hbond substituents is 1. The van der Waals surface area contributed by atoms with Crippen LogP contribution in [0.3, 0.4) is 0 Å². The summed E-state index contributed by atoms with van der Waals surface area (Å²) in [6.07, 6.45) is 1.49. The number of carbonyl (C=O) groups excluding carboxylic acids is 1. The van der Waals surface area contributed by atoms with Crippen LogP contribution in [0, 0.1) is 0 Å². The van der Waals surface area contributed by atoms with Gasteiger partial charge in [0, 0.05) is 11.7 Å². The van der Waals surface area contributed by atoms with Crippen molar-refractivity contribution in [3.63, 3.8) is 0 Å². The van der Waals surface area contributed by atoms with Crippen molar-refractivity contribution in [2.75, 3.05) is 0 Å². The van der Waals surface area contributed by atoms with Gasteiger partial charge < -0.3 is 15.8 Å². The molecule has 1 aromatic heterocycles. The fourth-order valence-electron chi connectivity index (χ4n) is 1.36. The van der Waals surface area contributed by atoms with Gasteiger partial charge in [-0.3, -0.25) is 4.79 Å². The number of phenols is 1. The molecule has 2 rings (SSSR count). The number of hydrogen-bond donors (Lipinski definition) is 3. The maximum atomic E-state index is 10.9. The van der Waals surface area contributed by atoms with Crippen molar-refractivity contribution in [2.24, 2.45) is 5.73 Å². The Morgan fingerprint density at radius 2 is 2.23 bits per heavy atom. The van der Waals surface area contributed by atoms with Crippen LogP contribution in [-0.2, 0) is 0 Å². The highest BCUT2D eigenvalue weighted by Crippen LogP contribution is 2.26. The summed E-state index contributed by atoms with van der Waals surface area (Å²) in [5, 5.41) is 9.94. The van der Waals surface area contributed by atoms with Crippen LogP contribution < -0.4 is 5.73 Å². The first kappa shape index (κ1) is 7.67. The third-order valence-electron chi connectivity index (χ3n) is 1.95. The Bertz CT molecular complexity index is 473. The summed E-state index contributed by atoms with van der Waals surface area (Å²) in [4.78, 5) is 13.8. The van der Waals surface area contributed by atoms with Gasteiger partial charge in [-0.25, -0.2) is 0 Å². The van der Waals surface area contributed by atoms with E-state index in [9.17, 15) is 9.90 Å². The smallest absolute Gasteiger partial charge is 0.251 e. The highest BCUT2D eigenvalue weighted by Gasteiger charge is 2.11. The van der Waals surface area contributed by atoms with E-state index >= 15 is 0 Å². The third-order valence-corrected chi connectivity index (χ3v) is 1.95. The highest BCUT2D eigenvalue weighted by molar-refractivity contribution is 6.08. The van der Waals surface area contributed by atoms with Gasteiger partial charge in [0.2, 0.25) is 0 Å². The summed E-state index contributed by atoms with van der Waals surface area (Å²) in [5.74, 6) is -0.486. The summed E-state index contributed by atoms with van der Waals surface area (Å²) in [5.41, 5.74) is 6.14. The molecule has 4 heteroatoms. The number of nitrogens with one attached hydrogen (secondary N) is 1. The molecule has 4 N–H and O–H groups in total. The lowest BCUT2D eigenvalue weighted by Gasteiger charge is -1.95. The number of benzene rings is 1. The van der Waals surface area contributed by atoms with E-state index < -0.39 is 5.91 Å². The number of H-pyrrole nitrogens is 1. The number of aromatic amines is 1. The summed E-state index contributed by atoms with van der Waals surface area (Å²) in [6.45, 7) is 0. The van der Waals surface area contributed by atoms with Crippen LogP contribution in [0.1, 0.15) is 10.4 Å². The maximum absolute atomic E-state index is 10.9. The molecule has 66 valence electrons. The number of aromatic hydroxyl groups is 1. The van der Waals surface area contributed by atoms with Crippen molar-refractivity contribution in [2.45, 2.75) is 0 Å². The molecule has 0 aliphatic heterocycles. The Balaban J connectivity index is 2.86. The lowest BCUT2D eigenvalue weighted by atomic mass is 10.1. The van der Waals surface area contributed by atoms with E-state index in [1.54, 1.807) is 12.1 Å². The largest absolute Gasteiger partial charge is 0.507 e. The van der Waals surface area contributed by atoms with Gasteiger partial charge in [-0.15, -0.1) is 0 Å². The van der Waals surface area contributed by atoms with Gasteiger partial charge in [0.15, 0.2) is 0 Å². The maximum Gasteiger partial charge on any atom is 0.251 e. The van der Waals surface area contributed by atoms with Crippen LogP contribution in [0.25, 0.3) is 10.9 Å². The molecular formula is C9H8N2O2. The number of hydrogen-bond acceptors (Lipinski definition) is 2. The van der Waals surface area contributed by atoms with Crippen LogP contribution in [0.15, 0.2) is 24.4 Å². The quantitative estimate of drug-likeness (QED) is 0.605. The predicted molar refractivity (Wildman–Crippen MR) is 48.5 cm³/mol. The molecule has 0 saturated carbocycles. The Morgan fingerprint density at radius 3 is 2.92 bits per heavy atom. The molecule has 0 saturated heterocycles. The number of fused-ring (bicyclic) bond motifs is 1. The second kappa shape index (κ2) is 2.52. The standard InChI is InChI=1S/C9H8N2O2/c10-9(13)5-4-11-6-2-1-3-7(12)8(5)6/h1-4,11-12H,(H2,10,13). The number of amides is 1. The van der Waals surface area contributed by atoms with Crippen molar-refractivity contribution >= 4 is 16.8 Å². The minimum atomic E-state index is -0.548. The molecule has 1 amide bonds. The van der Waals surface area contributed by atoms with Gasteiger partial charge in [0.25, 0.3) is 5.91 Å². The number of aromatic nitrogens is 1. The fraction of sp³-hybridized carbons (Fsp3) is 0. The van der Waals surface area contributed by atoms with Crippen LogP contribution in [0.2, 0.25) is 0 Å². The van der Waals surface area contributed by atoms with E-state index in [-0.39, 0.29) is 5.75 Å². The Kier molecular flexibility index (Phi) is 1.48. The molecule has 13 heavy (non-hydrogen) atoms. The zero-order valence-electron chi connectivity index (χ0n) is 6.74.